The lowest BCUT2D eigenvalue weighted by Crippen LogP contribution is -2.37. The Bertz CT molecular complexity index is 829. The van der Waals surface area contributed by atoms with Crippen molar-refractivity contribution < 1.29 is 23.5 Å². The number of carbonyl (C=O) groups excluding carboxylic acids is 3. The molecule has 0 radical (unpaired) electrons. The number of carbonyl (C=O) groups is 3. The first-order valence-corrected chi connectivity index (χ1v) is 8.30. The molecule has 2 rings (SSSR count). The SMILES string of the molecule is Cc1cccc(C)c1NC(=O)CN(C)C(=O)COC(=O)c1ccc(F)cc1. The molecule has 0 spiro atoms. The van der Waals surface area contributed by atoms with Crippen LogP contribution in [-0.2, 0) is 14.3 Å². The second-order valence-corrected chi connectivity index (χ2v) is 6.15. The third kappa shape index (κ3) is 5.64. The quantitative estimate of drug-likeness (QED) is 0.791. The largest absolute Gasteiger partial charge is 0.452 e. The van der Waals surface area contributed by atoms with E-state index in [2.05, 4.69) is 5.32 Å². The van der Waals surface area contributed by atoms with Crippen LogP contribution >= 0.6 is 0 Å². The summed E-state index contributed by atoms with van der Waals surface area (Å²) in [5.74, 6) is -2.09. The lowest BCUT2D eigenvalue weighted by molar-refractivity contribution is -0.136. The molecule has 1 N–H and O–H groups in total. The summed E-state index contributed by atoms with van der Waals surface area (Å²) in [6.07, 6.45) is 0. The van der Waals surface area contributed by atoms with E-state index in [0.29, 0.717) is 5.69 Å². The average molecular weight is 372 g/mol. The number of rotatable bonds is 6. The summed E-state index contributed by atoms with van der Waals surface area (Å²) in [6.45, 7) is 3.07. The summed E-state index contributed by atoms with van der Waals surface area (Å²) in [6, 6.07) is 10.4. The fourth-order valence-electron chi connectivity index (χ4n) is 2.40. The van der Waals surface area contributed by atoms with Crippen molar-refractivity contribution >= 4 is 23.5 Å². The van der Waals surface area contributed by atoms with Crippen molar-refractivity contribution in [3.8, 4) is 0 Å². The number of halogens is 1. The highest BCUT2D eigenvalue weighted by molar-refractivity contribution is 5.96. The number of anilines is 1. The van der Waals surface area contributed by atoms with E-state index in [-0.39, 0.29) is 18.0 Å². The Morgan fingerprint density at radius 3 is 2.22 bits per heavy atom. The topological polar surface area (TPSA) is 75.7 Å². The van der Waals surface area contributed by atoms with E-state index in [4.69, 9.17) is 4.74 Å². The molecule has 142 valence electrons. The molecule has 0 unspecified atom stereocenters. The fraction of sp³-hybridized carbons (Fsp3) is 0.250. The molecule has 0 bridgehead atoms. The van der Waals surface area contributed by atoms with Crippen LogP contribution in [0.15, 0.2) is 42.5 Å². The van der Waals surface area contributed by atoms with Gasteiger partial charge in [-0.2, -0.15) is 0 Å². The zero-order valence-electron chi connectivity index (χ0n) is 15.4. The summed E-state index contributed by atoms with van der Waals surface area (Å²) < 4.78 is 17.8. The fourth-order valence-corrected chi connectivity index (χ4v) is 2.40. The molecule has 0 aromatic heterocycles. The molecule has 2 aromatic carbocycles. The number of hydrogen-bond acceptors (Lipinski definition) is 4. The summed E-state index contributed by atoms with van der Waals surface area (Å²) in [5, 5.41) is 2.78. The van der Waals surface area contributed by atoms with Gasteiger partial charge < -0.3 is 15.0 Å². The number of ether oxygens (including phenoxy) is 1. The van der Waals surface area contributed by atoms with Crippen LogP contribution in [0.3, 0.4) is 0 Å². The maximum absolute atomic E-state index is 12.8. The molecule has 0 fully saturated rings. The van der Waals surface area contributed by atoms with Crippen molar-refractivity contribution in [3.05, 3.63) is 65.0 Å². The molecule has 0 heterocycles. The standard InChI is InChI=1S/C20H21FN2O4/c1-13-5-4-6-14(2)19(13)22-17(24)11-23(3)18(25)12-27-20(26)15-7-9-16(21)10-8-15/h4-10H,11-12H2,1-3H3,(H,22,24). The third-order valence-corrected chi connectivity index (χ3v) is 3.96. The number of esters is 1. The van der Waals surface area contributed by atoms with Crippen molar-refractivity contribution in [1.82, 2.24) is 4.90 Å². The minimum absolute atomic E-state index is 0.139. The highest BCUT2D eigenvalue weighted by Gasteiger charge is 2.17. The van der Waals surface area contributed by atoms with E-state index >= 15 is 0 Å². The minimum atomic E-state index is -0.739. The number of nitrogens with zero attached hydrogens (tertiary/aromatic N) is 1. The van der Waals surface area contributed by atoms with Crippen molar-refractivity contribution in [2.24, 2.45) is 0 Å². The van der Waals surface area contributed by atoms with Crippen LogP contribution in [0.2, 0.25) is 0 Å². The number of hydrogen-bond donors (Lipinski definition) is 1. The van der Waals surface area contributed by atoms with Crippen molar-refractivity contribution in [1.29, 1.82) is 0 Å². The van der Waals surface area contributed by atoms with E-state index in [9.17, 15) is 18.8 Å². The second kappa shape index (κ2) is 8.93. The normalized spacial score (nSPS) is 10.2. The summed E-state index contributed by atoms with van der Waals surface area (Å²) in [5.41, 5.74) is 2.70. The Kier molecular flexibility index (Phi) is 6.65. The number of benzene rings is 2. The van der Waals surface area contributed by atoms with Crippen LogP contribution in [0.25, 0.3) is 0 Å². The molecule has 2 aromatic rings. The predicted molar refractivity (Wildman–Crippen MR) is 98.9 cm³/mol. The Balaban J connectivity index is 1.85. The first kappa shape index (κ1) is 20.1. The zero-order valence-corrected chi connectivity index (χ0v) is 15.4. The van der Waals surface area contributed by atoms with Gasteiger partial charge in [-0.3, -0.25) is 9.59 Å². The van der Waals surface area contributed by atoms with E-state index in [1.54, 1.807) is 0 Å². The maximum Gasteiger partial charge on any atom is 0.338 e. The Morgan fingerprint density at radius 2 is 1.63 bits per heavy atom. The number of aryl methyl sites for hydroxylation is 2. The van der Waals surface area contributed by atoms with Gasteiger partial charge in [0.2, 0.25) is 5.91 Å². The zero-order chi connectivity index (χ0) is 20.0. The van der Waals surface area contributed by atoms with Crippen LogP contribution in [0.5, 0.6) is 0 Å². The Morgan fingerprint density at radius 1 is 1.04 bits per heavy atom. The van der Waals surface area contributed by atoms with Crippen molar-refractivity contribution in [2.45, 2.75) is 13.8 Å². The van der Waals surface area contributed by atoms with Crippen LogP contribution in [-0.4, -0.2) is 42.9 Å². The van der Waals surface area contributed by atoms with E-state index in [1.807, 2.05) is 32.0 Å². The van der Waals surface area contributed by atoms with E-state index in [0.717, 1.165) is 23.3 Å². The molecule has 0 aliphatic carbocycles. The molecule has 6 nitrogen and oxygen atoms in total. The number of para-hydroxylation sites is 1. The Labute approximate surface area is 156 Å². The third-order valence-electron chi connectivity index (χ3n) is 3.96. The molecule has 0 aliphatic rings. The minimum Gasteiger partial charge on any atom is -0.452 e. The molecular weight excluding hydrogens is 351 g/mol. The highest BCUT2D eigenvalue weighted by Crippen LogP contribution is 2.19. The number of amides is 2. The van der Waals surface area contributed by atoms with Gasteiger partial charge in [-0.15, -0.1) is 0 Å². The lowest BCUT2D eigenvalue weighted by atomic mass is 10.1. The van der Waals surface area contributed by atoms with E-state index < -0.39 is 24.3 Å². The number of nitrogens with one attached hydrogen (secondary N) is 1. The number of likely N-dealkylation sites (N-methyl/N-ethyl adjacent to an activating group) is 1. The van der Waals surface area contributed by atoms with Gasteiger partial charge in [-0.25, -0.2) is 9.18 Å². The molecule has 7 heteroatoms. The molecule has 27 heavy (non-hydrogen) atoms. The van der Waals surface area contributed by atoms with Gasteiger partial charge in [0.25, 0.3) is 5.91 Å². The summed E-state index contributed by atoms with van der Waals surface area (Å²) in [4.78, 5) is 37.2. The van der Waals surface area contributed by atoms with Gasteiger partial charge in [0.15, 0.2) is 6.61 Å². The van der Waals surface area contributed by atoms with Gasteiger partial charge in [-0.05, 0) is 49.2 Å². The molecular formula is C20H21FN2O4. The van der Waals surface area contributed by atoms with Crippen molar-refractivity contribution in [3.63, 3.8) is 0 Å². The van der Waals surface area contributed by atoms with Crippen LogP contribution in [0.4, 0.5) is 10.1 Å². The summed E-state index contributed by atoms with van der Waals surface area (Å²) in [7, 11) is 1.44. The lowest BCUT2D eigenvalue weighted by Gasteiger charge is -2.18. The monoisotopic (exact) mass is 372 g/mol. The van der Waals surface area contributed by atoms with Crippen molar-refractivity contribution in [2.75, 3.05) is 25.5 Å². The van der Waals surface area contributed by atoms with Crippen LogP contribution in [0.1, 0.15) is 21.5 Å². The van der Waals surface area contributed by atoms with Gasteiger partial charge in [-0.1, -0.05) is 18.2 Å². The Hall–Kier alpha value is -3.22. The van der Waals surface area contributed by atoms with Gasteiger partial charge in [0.1, 0.15) is 5.82 Å². The van der Waals surface area contributed by atoms with Gasteiger partial charge in [0, 0.05) is 12.7 Å². The molecule has 0 aliphatic heterocycles. The van der Waals surface area contributed by atoms with Gasteiger partial charge >= 0.3 is 5.97 Å². The maximum atomic E-state index is 12.8. The highest BCUT2D eigenvalue weighted by atomic mass is 19.1. The van der Waals surface area contributed by atoms with Crippen LogP contribution < -0.4 is 5.32 Å². The average Bonchev–Trinajstić information content (AvgIpc) is 2.63. The van der Waals surface area contributed by atoms with Gasteiger partial charge in [0.05, 0.1) is 12.1 Å². The summed E-state index contributed by atoms with van der Waals surface area (Å²) >= 11 is 0. The smallest absolute Gasteiger partial charge is 0.338 e. The van der Waals surface area contributed by atoms with Crippen LogP contribution in [0, 0.1) is 19.7 Å². The molecule has 2 amide bonds. The molecule has 0 saturated carbocycles. The predicted octanol–water partition coefficient (Wildman–Crippen LogP) is 2.70. The second-order valence-electron chi connectivity index (χ2n) is 6.15. The van der Waals surface area contributed by atoms with E-state index in [1.165, 1.54) is 24.1 Å². The first-order chi connectivity index (χ1) is 12.8. The molecule has 0 atom stereocenters. The molecule has 0 saturated heterocycles. The first-order valence-electron chi connectivity index (χ1n) is 8.30.